The molecule has 1 amide bonds. The van der Waals surface area contributed by atoms with Gasteiger partial charge in [-0.15, -0.1) is 0 Å². The van der Waals surface area contributed by atoms with Gasteiger partial charge >= 0.3 is 0 Å². The van der Waals surface area contributed by atoms with Crippen molar-refractivity contribution in [2.75, 3.05) is 26.2 Å². The number of hydrogen-bond acceptors (Lipinski definition) is 3. The van der Waals surface area contributed by atoms with Gasteiger partial charge in [-0.05, 0) is 43.0 Å². The third-order valence-corrected chi connectivity index (χ3v) is 5.94. The largest absolute Gasteiger partial charge is 0.340 e. The monoisotopic (exact) mass is 387 g/mol. The predicted molar refractivity (Wildman–Crippen MR) is 118 cm³/mol. The molecule has 2 heterocycles. The van der Waals surface area contributed by atoms with Gasteiger partial charge < -0.3 is 4.90 Å². The highest BCUT2D eigenvalue weighted by molar-refractivity contribution is 5.81. The number of amides is 1. The van der Waals surface area contributed by atoms with Gasteiger partial charge in [0, 0.05) is 50.7 Å². The van der Waals surface area contributed by atoms with Crippen LogP contribution >= 0.6 is 0 Å². The van der Waals surface area contributed by atoms with Gasteiger partial charge in [0.1, 0.15) is 0 Å². The van der Waals surface area contributed by atoms with Crippen molar-refractivity contribution >= 4 is 16.8 Å². The first kappa shape index (κ1) is 19.6. The Morgan fingerprint density at radius 3 is 2.55 bits per heavy atom. The molecular weight excluding hydrogens is 358 g/mol. The molecule has 1 aromatic heterocycles. The van der Waals surface area contributed by atoms with E-state index in [-0.39, 0.29) is 5.91 Å². The van der Waals surface area contributed by atoms with Gasteiger partial charge in [0.05, 0.1) is 5.52 Å². The molecule has 0 radical (unpaired) electrons. The van der Waals surface area contributed by atoms with Crippen LogP contribution in [0.4, 0.5) is 0 Å². The van der Waals surface area contributed by atoms with Crippen molar-refractivity contribution in [3.63, 3.8) is 0 Å². The Hall–Kier alpha value is -2.72. The van der Waals surface area contributed by atoms with Crippen LogP contribution in [0.5, 0.6) is 0 Å². The van der Waals surface area contributed by atoms with Crippen LogP contribution in [0.2, 0.25) is 0 Å². The molecule has 0 atom stereocenters. The number of pyridine rings is 1. The lowest BCUT2D eigenvalue weighted by Gasteiger charge is -2.35. The number of rotatable bonds is 5. The van der Waals surface area contributed by atoms with Gasteiger partial charge in [-0.1, -0.05) is 48.0 Å². The zero-order valence-corrected chi connectivity index (χ0v) is 17.4. The summed E-state index contributed by atoms with van der Waals surface area (Å²) < 4.78 is 0. The van der Waals surface area contributed by atoms with Crippen molar-refractivity contribution in [3.05, 3.63) is 77.0 Å². The highest BCUT2D eigenvalue weighted by atomic mass is 16.2. The second kappa shape index (κ2) is 8.75. The van der Waals surface area contributed by atoms with E-state index in [1.165, 1.54) is 27.6 Å². The molecule has 0 unspecified atom stereocenters. The summed E-state index contributed by atoms with van der Waals surface area (Å²) in [4.78, 5) is 21.7. The van der Waals surface area contributed by atoms with E-state index in [1.807, 2.05) is 17.2 Å². The number of aromatic nitrogens is 1. The Bertz CT molecular complexity index is 1000. The second-order valence-electron chi connectivity index (χ2n) is 8.08. The summed E-state index contributed by atoms with van der Waals surface area (Å²) in [6, 6.07) is 17.0. The van der Waals surface area contributed by atoms with Crippen LogP contribution in [0.3, 0.4) is 0 Å². The molecule has 29 heavy (non-hydrogen) atoms. The summed E-state index contributed by atoms with van der Waals surface area (Å²) >= 11 is 0. The Morgan fingerprint density at radius 1 is 0.966 bits per heavy atom. The number of para-hydroxylation sites is 1. The fourth-order valence-electron chi connectivity index (χ4n) is 4.22. The zero-order valence-electron chi connectivity index (χ0n) is 17.4. The fraction of sp³-hybridized carbons (Fsp3) is 0.360. The number of benzene rings is 2. The minimum Gasteiger partial charge on any atom is -0.340 e. The third kappa shape index (κ3) is 4.65. The topological polar surface area (TPSA) is 36.4 Å². The van der Waals surface area contributed by atoms with Gasteiger partial charge in [0.2, 0.25) is 5.91 Å². The predicted octanol–water partition coefficient (Wildman–Crippen LogP) is 4.13. The van der Waals surface area contributed by atoms with Crippen molar-refractivity contribution < 1.29 is 4.79 Å². The normalized spacial score (nSPS) is 15.0. The van der Waals surface area contributed by atoms with Gasteiger partial charge in [-0.2, -0.15) is 0 Å². The number of fused-ring (bicyclic) bond motifs is 1. The molecule has 1 aliphatic heterocycles. The van der Waals surface area contributed by atoms with E-state index in [2.05, 4.69) is 66.2 Å². The summed E-state index contributed by atoms with van der Waals surface area (Å²) in [7, 11) is 0. The molecule has 4 nitrogen and oxygen atoms in total. The van der Waals surface area contributed by atoms with Crippen LogP contribution in [-0.2, 0) is 17.8 Å². The maximum atomic E-state index is 12.7. The number of carbonyl (C=O) groups excluding carboxylic acids is 1. The van der Waals surface area contributed by atoms with E-state index in [4.69, 9.17) is 0 Å². The van der Waals surface area contributed by atoms with Crippen molar-refractivity contribution in [1.29, 1.82) is 0 Å². The fourth-order valence-corrected chi connectivity index (χ4v) is 4.22. The Kier molecular flexibility index (Phi) is 5.91. The summed E-state index contributed by atoms with van der Waals surface area (Å²) in [6.45, 7) is 8.58. The Labute approximate surface area is 173 Å². The maximum Gasteiger partial charge on any atom is 0.222 e. The van der Waals surface area contributed by atoms with Crippen molar-refractivity contribution in [3.8, 4) is 0 Å². The standard InChI is InChI=1S/C25H29N3O/c1-19-8-9-21(20(2)17-19)10-11-24(29)28-15-13-27(14-16-28)18-23-6-3-5-22-7-4-12-26-25(22)23/h3-9,12,17H,10-11,13-16,18H2,1-2H3. The summed E-state index contributed by atoms with van der Waals surface area (Å²) in [5.41, 5.74) is 6.19. The lowest BCUT2D eigenvalue weighted by Crippen LogP contribution is -2.48. The summed E-state index contributed by atoms with van der Waals surface area (Å²) in [5.74, 6) is 0.274. The highest BCUT2D eigenvalue weighted by Gasteiger charge is 2.21. The number of nitrogens with zero attached hydrogens (tertiary/aromatic N) is 3. The molecule has 0 spiro atoms. The molecule has 3 aromatic rings. The molecule has 2 aromatic carbocycles. The molecule has 1 aliphatic rings. The van der Waals surface area contributed by atoms with Crippen LogP contribution in [0.1, 0.15) is 28.7 Å². The van der Waals surface area contributed by atoms with Crippen molar-refractivity contribution in [2.24, 2.45) is 0 Å². The highest BCUT2D eigenvalue weighted by Crippen LogP contribution is 2.19. The second-order valence-corrected chi connectivity index (χ2v) is 8.08. The maximum absolute atomic E-state index is 12.7. The average molecular weight is 388 g/mol. The Morgan fingerprint density at radius 2 is 1.76 bits per heavy atom. The average Bonchev–Trinajstić information content (AvgIpc) is 2.74. The van der Waals surface area contributed by atoms with E-state index in [1.54, 1.807) is 0 Å². The smallest absolute Gasteiger partial charge is 0.222 e. The van der Waals surface area contributed by atoms with Crippen LogP contribution in [0.15, 0.2) is 54.7 Å². The van der Waals surface area contributed by atoms with E-state index in [9.17, 15) is 4.79 Å². The van der Waals surface area contributed by atoms with Gasteiger partial charge in [0.25, 0.3) is 0 Å². The van der Waals surface area contributed by atoms with Gasteiger partial charge in [0.15, 0.2) is 0 Å². The van der Waals surface area contributed by atoms with Crippen LogP contribution in [0, 0.1) is 13.8 Å². The first-order valence-electron chi connectivity index (χ1n) is 10.5. The zero-order chi connectivity index (χ0) is 20.2. The minimum atomic E-state index is 0.274. The molecule has 0 N–H and O–H groups in total. The molecule has 0 bridgehead atoms. The summed E-state index contributed by atoms with van der Waals surface area (Å²) in [6.07, 6.45) is 3.28. The third-order valence-electron chi connectivity index (χ3n) is 5.94. The summed E-state index contributed by atoms with van der Waals surface area (Å²) in [5, 5.41) is 1.19. The van der Waals surface area contributed by atoms with Crippen molar-refractivity contribution in [2.45, 2.75) is 33.2 Å². The van der Waals surface area contributed by atoms with Crippen LogP contribution < -0.4 is 0 Å². The molecule has 0 saturated carbocycles. The van der Waals surface area contributed by atoms with E-state index in [0.29, 0.717) is 6.42 Å². The molecule has 0 aliphatic carbocycles. The number of hydrogen-bond donors (Lipinski definition) is 0. The van der Waals surface area contributed by atoms with E-state index in [0.717, 1.165) is 44.7 Å². The molecule has 1 fully saturated rings. The first-order valence-corrected chi connectivity index (χ1v) is 10.5. The van der Waals surface area contributed by atoms with E-state index < -0.39 is 0 Å². The molecule has 4 rings (SSSR count). The lowest BCUT2D eigenvalue weighted by atomic mass is 10.0. The van der Waals surface area contributed by atoms with Gasteiger partial charge in [-0.25, -0.2) is 0 Å². The molecule has 150 valence electrons. The quantitative estimate of drug-likeness (QED) is 0.660. The lowest BCUT2D eigenvalue weighted by molar-refractivity contribution is -0.133. The number of piperazine rings is 1. The van der Waals surface area contributed by atoms with Crippen molar-refractivity contribution in [1.82, 2.24) is 14.8 Å². The molecule has 1 saturated heterocycles. The minimum absolute atomic E-state index is 0.274. The van der Waals surface area contributed by atoms with Gasteiger partial charge in [-0.3, -0.25) is 14.7 Å². The Balaban J connectivity index is 1.30. The van der Waals surface area contributed by atoms with Crippen LogP contribution in [-0.4, -0.2) is 46.9 Å². The van der Waals surface area contributed by atoms with Crippen LogP contribution in [0.25, 0.3) is 10.9 Å². The molecular formula is C25H29N3O. The SMILES string of the molecule is Cc1ccc(CCC(=O)N2CCN(Cc3cccc4cccnc34)CC2)c(C)c1. The molecule has 4 heteroatoms. The number of carbonyl (C=O) groups is 1. The first-order chi connectivity index (χ1) is 14.1. The number of aryl methyl sites for hydroxylation is 3. The van der Waals surface area contributed by atoms with E-state index >= 15 is 0 Å².